The Morgan fingerprint density at radius 2 is 2.21 bits per heavy atom. The molecule has 1 heteroatoms. The summed E-state index contributed by atoms with van der Waals surface area (Å²) >= 11 is 0. The number of nitrogens with two attached hydrogens (primary N) is 1. The van der Waals surface area contributed by atoms with Gasteiger partial charge in [-0.3, -0.25) is 0 Å². The molecule has 0 aromatic carbocycles. The first-order valence-corrected chi connectivity index (χ1v) is 5.59. The van der Waals surface area contributed by atoms with Gasteiger partial charge in [-0.05, 0) is 30.6 Å². The number of hydrogen-bond acceptors (Lipinski definition) is 1. The predicted octanol–water partition coefficient (Wildman–Crippen LogP) is 3.27. The number of allylic oxidation sites excluding steroid dienone is 2. The van der Waals surface area contributed by atoms with E-state index in [9.17, 15) is 0 Å². The van der Waals surface area contributed by atoms with Crippen molar-refractivity contribution >= 4 is 0 Å². The second kappa shape index (κ2) is 4.31. The van der Waals surface area contributed by atoms with E-state index in [-0.39, 0.29) is 0 Å². The van der Waals surface area contributed by atoms with Gasteiger partial charge in [-0.25, -0.2) is 0 Å². The van der Waals surface area contributed by atoms with Gasteiger partial charge in [-0.1, -0.05) is 38.5 Å². The van der Waals surface area contributed by atoms with E-state index >= 15 is 0 Å². The van der Waals surface area contributed by atoms with E-state index in [1.165, 1.54) is 24.8 Å². The first-order valence-electron chi connectivity index (χ1n) is 5.59. The molecule has 1 rings (SSSR count). The van der Waals surface area contributed by atoms with Crippen LogP contribution in [0.25, 0.3) is 0 Å². The van der Waals surface area contributed by atoms with Crippen LogP contribution in [0.4, 0.5) is 0 Å². The minimum atomic E-state index is 0.432. The van der Waals surface area contributed by atoms with Crippen LogP contribution in [0.15, 0.2) is 24.8 Å². The summed E-state index contributed by atoms with van der Waals surface area (Å²) in [5.41, 5.74) is 7.64. The Kier molecular flexibility index (Phi) is 3.54. The number of rotatable bonds is 5. The maximum Gasteiger partial charge on any atom is 0.00496 e. The summed E-state index contributed by atoms with van der Waals surface area (Å²) in [4.78, 5) is 0. The van der Waals surface area contributed by atoms with Crippen LogP contribution in [0, 0.1) is 11.3 Å². The Morgan fingerprint density at radius 1 is 1.64 bits per heavy atom. The van der Waals surface area contributed by atoms with Gasteiger partial charge in [-0.15, -0.1) is 6.58 Å². The van der Waals surface area contributed by atoms with Crippen molar-refractivity contribution in [2.45, 2.75) is 45.6 Å². The van der Waals surface area contributed by atoms with E-state index in [0.29, 0.717) is 17.4 Å². The zero-order valence-electron chi connectivity index (χ0n) is 9.55. The van der Waals surface area contributed by atoms with Crippen LogP contribution in [0.5, 0.6) is 0 Å². The van der Waals surface area contributed by atoms with E-state index in [1.54, 1.807) is 0 Å². The zero-order chi connectivity index (χ0) is 10.8. The lowest BCUT2D eigenvalue weighted by Gasteiger charge is -2.47. The van der Waals surface area contributed by atoms with Crippen LogP contribution in [0.3, 0.4) is 0 Å². The second-order valence-corrected chi connectivity index (χ2v) is 4.88. The molecule has 1 saturated carbocycles. The van der Waals surface area contributed by atoms with Crippen molar-refractivity contribution in [3.05, 3.63) is 24.8 Å². The predicted molar refractivity (Wildman–Crippen MR) is 63.1 cm³/mol. The standard InChI is InChI=1S/C13H23N/c1-5-10(3)11(4)7-13(6-2)8-12(14)9-13/h5,10,12H,1,4,6-9,14H2,2-3H3. The molecule has 0 spiro atoms. The van der Waals surface area contributed by atoms with Crippen LogP contribution in [-0.2, 0) is 0 Å². The van der Waals surface area contributed by atoms with Crippen molar-refractivity contribution < 1.29 is 0 Å². The molecule has 0 aromatic heterocycles. The van der Waals surface area contributed by atoms with Crippen LogP contribution in [0.2, 0.25) is 0 Å². The highest BCUT2D eigenvalue weighted by Gasteiger charge is 2.41. The highest BCUT2D eigenvalue weighted by atomic mass is 14.7. The van der Waals surface area contributed by atoms with Gasteiger partial charge in [0.25, 0.3) is 0 Å². The van der Waals surface area contributed by atoms with Crippen molar-refractivity contribution in [2.75, 3.05) is 0 Å². The van der Waals surface area contributed by atoms with Crippen LogP contribution in [-0.4, -0.2) is 6.04 Å². The molecule has 2 N–H and O–H groups in total. The first-order chi connectivity index (χ1) is 6.53. The molecule has 1 atom stereocenters. The van der Waals surface area contributed by atoms with Gasteiger partial charge in [0, 0.05) is 6.04 Å². The molecule has 1 aliphatic carbocycles. The van der Waals surface area contributed by atoms with Gasteiger partial charge in [0.1, 0.15) is 0 Å². The maximum atomic E-state index is 5.86. The Hall–Kier alpha value is -0.560. The van der Waals surface area contributed by atoms with E-state index < -0.39 is 0 Å². The summed E-state index contributed by atoms with van der Waals surface area (Å²) in [6.45, 7) is 12.4. The monoisotopic (exact) mass is 193 g/mol. The lowest BCUT2D eigenvalue weighted by atomic mass is 9.60. The normalized spacial score (nSPS) is 33.2. The zero-order valence-corrected chi connectivity index (χ0v) is 9.55. The fourth-order valence-electron chi connectivity index (χ4n) is 2.42. The first kappa shape index (κ1) is 11.5. The number of hydrogen-bond donors (Lipinski definition) is 1. The van der Waals surface area contributed by atoms with Crippen LogP contribution in [0.1, 0.15) is 39.5 Å². The molecular weight excluding hydrogens is 170 g/mol. The van der Waals surface area contributed by atoms with E-state index in [4.69, 9.17) is 5.73 Å². The summed E-state index contributed by atoms with van der Waals surface area (Å²) < 4.78 is 0. The molecule has 14 heavy (non-hydrogen) atoms. The summed E-state index contributed by atoms with van der Waals surface area (Å²) in [6, 6.07) is 0.432. The van der Waals surface area contributed by atoms with Crippen molar-refractivity contribution in [3.63, 3.8) is 0 Å². The van der Waals surface area contributed by atoms with E-state index in [2.05, 4.69) is 27.0 Å². The van der Waals surface area contributed by atoms with Gasteiger partial charge in [0.2, 0.25) is 0 Å². The largest absolute Gasteiger partial charge is 0.328 e. The molecule has 0 bridgehead atoms. The van der Waals surface area contributed by atoms with Gasteiger partial charge in [0.05, 0.1) is 0 Å². The Labute approximate surface area is 88.1 Å². The van der Waals surface area contributed by atoms with Gasteiger partial charge in [-0.2, -0.15) is 0 Å². The molecule has 1 nitrogen and oxygen atoms in total. The average molecular weight is 193 g/mol. The SMILES string of the molecule is C=CC(C)C(=C)CC1(CC)CC(N)C1. The Balaban J connectivity index is 2.50. The minimum absolute atomic E-state index is 0.432. The van der Waals surface area contributed by atoms with Gasteiger partial charge < -0.3 is 5.73 Å². The molecule has 80 valence electrons. The lowest BCUT2D eigenvalue weighted by molar-refractivity contribution is 0.0966. The highest BCUT2D eigenvalue weighted by molar-refractivity contribution is 5.12. The highest BCUT2D eigenvalue weighted by Crippen LogP contribution is 2.48. The molecule has 1 fully saturated rings. The minimum Gasteiger partial charge on any atom is -0.328 e. The third kappa shape index (κ3) is 2.27. The molecule has 1 aliphatic rings. The Bertz CT molecular complexity index is 223. The summed E-state index contributed by atoms with van der Waals surface area (Å²) in [5, 5.41) is 0. The molecule has 0 amide bonds. The molecule has 0 aromatic rings. The molecule has 1 unspecified atom stereocenters. The summed E-state index contributed by atoms with van der Waals surface area (Å²) in [6.07, 6.45) is 6.68. The molecule has 0 heterocycles. The quantitative estimate of drug-likeness (QED) is 0.666. The average Bonchev–Trinajstić information content (AvgIpc) is 2.13. The van der Waals surface area contributed by atoms with Crippen molar-refractivity contribution in [3.8, 4) is 0 Å². The smallest absolute Gasteiger partial charge is 0.00496 e. The van der Waals surface area contributed by atoms with E-state index in [1.807, 2.05) is 6.08 Å². The summed E-state index contributed by atoms with van der Waals surface area (Å²) in [7, 11) is 0. The van der Waals surface area contributed by atoms with Crippen molar-refractivity contribution in [1.82, 2.24) is 0 Å². The maximum absolute atomic E-state index is 5.86. The molecule has 0 saturated heterocycles. The Morgan fingerprint density at radius 3 is 2.57 bits per heavy atom. The molecule has 0 radical (unpaired) electrons. The topological polar surface area (TPSA) is 26.0 Å². The third-order valence-electron chi connectivity index (χ3n) is 3.74. The van der Waals surface area contributed by atoms with E-state index in [0.717, 1.165) is 6.42 Å². The molecule has 0 aliphatic heterocycles. The van der Waals surface area contributed by atoms with Gasteiger partial charge >= 0.3 is 0 Å². The van der Waals surface area contributed by atoms with Crippen molar-refractivity contribution in [1.29, 1.82) is 0 Å². The fourth-order valence-corrected chi connectivity index (χ4v) is 2.42. The fraction of sp³-hybridized carbons (Fsp3) is 0.692. The van der Waals surface area contributed by atoms with Gasteiger partial charge in [0.15, 0.2) is 0 Å². The third-order valence-corrected chi connectivity index (χ3v) is 3.74. The second-order valence-electron chi connectivity index (χ2n) is 4.88. The summed E-state index contributed by atoms with van der Waals surface area (Å²) in [5.74, 6) is 0.440. The lowest BCUT2D eigenvalue weighted by Crippen LogP contribution is -2.46. The van der Waals surface area contributed by atoms with Crippen LogP contribution >= 0.6 is 0 Å². The molecular formula is C13H23N. The van der Waals surface area contributed by atoms with Crippen LogP contribution < -0.4 is 5.73 Å². The van der Waals surface area contributed by atoms with Crippen molar-refractivity contribution in [2.24, 2.45) is 17.1 Å².